The molecule has 1 heterocycles. The topological polar surface area (TPSA) is 70.7 Å². The summed E-state index contributed by atoms with van der Waals surface area (Å²) in [7, 11) is 0. The van der Waals surface area contributed by atoms with Crippen LogP contribution in [0.3, 0.4) is 0 Å². The maximum absolute atomic E-state index is 12.9. The van der Waals surface area contributed by atoms with Gasteiger partial charge in [-0.3, -0.25) is 4.79 Å². The number of ether oxygens (including phenoxy) is 1. The molecular formula is C21H25N3O3. The summed E-state index contributed by atoms with van der Waals surface area (Å²) >= 11 is 0. The monoisotopic (exact) mass is 367 g/mol. The number of amides is 2. The molecule has 2 amide bonds. The van der Waals surface area contributed by atoms with E-state index in [0.717, 1.165) is 24.2 Å². The zero-order valence-electron chi connectivity index (χ0n) is 15.3. The van der Waals surface area contributed by atoms with Crippen LogP contribution in [-0.4, -0.2) is 49.1 Å². The average molecular weight is 367 g/mol. The molecule has 1 fully saturated rings. The molecule has 1 aliphatic heterocycles. The molecule has 2 N–H and O–H groups in total. The fourth-order valence-corrected chi connectivity index (χ4v) is 3.06. The third-order valence-electron chi connectivity index (χ3n) is 4.51. The highest BCUT2D eigenvalue weighted by Gasteiger charge is 2.27. The number of rotatable bonds is 6. The van der Waals surface area contributed by atoms with Crippen molar-refractivity contribution in [1.29, 1.82) is 0 Å². The first kappa shape index (κ1) is 18.9. The van der Waals surface area contributed by atoms with E-state index < -0.39 is 12.1 Å². The number of piperazine rings is 1. The van der Waals surface area contributed by atoms with Gasteiger partial charge in [0.15, 0.2) is 0 Å². The normalized spacial score (nSPS) is 15.0. The van der Waals surface area contributed by atoms with E-state index in [4.69, 9.17) is 4.74 Å². The second-order valence-electron chi connectivity index (χ2n) is 6.52. The van der Waals surface area contributed by atoms with Gasteiger partial charge in [-0.05, 0) is 11.1 Å². The molecule has 1 saturated heterocycles. The van der Waals surface area contributed by atoms with Gasteiger partial charge in [0.1, 0.15) is 12.6 Å². The van der Waals surface area contributed by atoms with Crippen LogP contribution in [0, 0.1) is 0 Å². The number of nitrogens with one attached hydrogen (secondary N) is 2. The van der Waals surface area contributed by atoms with E-state index >= 15 is 0 Å². The van der Waals surface area contributed by atoms with Crippen molar-refractivity contribution < 1.29 is 14.3 Å². The number of hydrogen-bond acceptors (Lipinski definition) is 4. The van der Waals surface area contributed by atoms with Gasteiger partial charge < -0.3 is 20.3 Å². The van der Waals surface area contributed by atoms with Crippen LogP contribution in [-0.2, 0) is 22.6 Å². The molecule has 3 rings (SSSR count). The predicted molar refractivity (Wildman–Crippen MR) is 103 cm³/mol. The van der Waals surface area contributed by atoms with Gasteiger partial charge in [-0.25, -0.2) is 4.79 Å². The van der Waals surface area contributed by atoms with Gasteiger partial charge >= 0.3 is 6.09 Å². The molecule has 6 heteroatoms. The maximum atomic E-state index is 12.9. The summed E-state index contributed by atoms with van der Waals surface area (Å²) in [6.45, 7) is 2.99. The van der Waals surface area contributed by atoms with E-state index in [1.807, 2.05) is 60.7 Å². The minimum Gasteiger partial charge on any atom is -0.445 e. The zero-order chi connectivity index (χ0) is 18.9. The smallest absolute Gasteiger partial charge is 0.408 e. The Balaban J connectivity index is 1.63. The van der Waals surface area contributed by atoms with Gasteiger partial charge in [0.2, 0.25) is 5.91 Å². The van der Waals surface area contributed by atoms with Crippen LogP contribution in [0.4, 0.5) is 4.79 Å². The highest BCUT2D eigenvalue weighted by Crippen LogP contribution is 2.08. The van der Waals surface area contributed by atoms with E-state index in [2.05, 4.69) is 10.6 Å². The van der Waals surface area contributed by atoms with E-state index in [0.29, 0.717) is 19.5 Å². The zero-order valence-corrected chi connectivity index (χ0v) is 15.3. The van der Waals surface area contributed by atoms with Crippen molar-refractivity contribution >= 4 is 12.0 Å². The third-order valence-corrected chi connectivity index (χ3v) is 4.51. The van der Waals surface area contributed by atoms with Gasteiger partial charge in [0.05, 0.1) is 0 Å². The van der Waals surface area contributed by atoms with E-state index in [1.54, 1.807) is 4.90 Å². The number of benzene rings is 2. The fourth-order valence-electron chi connectivity index (χ4n) is 3.06. The molecule has 6 nitrogen and oxygen atoms in total. The number of nitrogens with zero attached hydrogens (tertiary/aromatic N) is 1. The summed E-state index contributed by atoms with van der Waals surface area (Å²) in [5, 5.41) is 5.99. The second kappa shape index (κ2) is 9.73. The first-order valence-corrected chi connectivity index (χ1v) is 9.23. The minimum atomic E-state index is -0.645. The van der Waals surface area contributed by atoms with Crippen molar-refractivity contribution in [2.24, 2.45) is 0 Å². The Bertz CT molecular complexity index is 731. The van der Waals surface area contributed by atoms with Crippen molar-refractivity contribution in [2.45, 2.75) is 19.1 Å². The van der Waals surface area contributed by atoms with Crippen molar-refractivity contribution in [3.63, 3.8) is 0 Å². The Labute approximate surface area is 159 Å². The number of hydrogen-bond donors (Lipinski definition) is 2. The number of alkyl carbamates (subject to hydrolysis) is 1. The Hall–Kier alpha value is -2.86. The lowest BCUT2D eigenvalue weighted by Crippen LogP contribution is -2.54. The SMILES string of the molecule is O=C(NC(Cc1ccccc1)C(=O)N1CCNCC1)OCc1ccccc1. The van der Waals surface area contributed by atoms with Crippen LogP contribution >= 0.6 is 0 Å². The van der Waals surface area contributed by atoms with Gasteiger partial charge in [0.25, 0.3) is 0 Å². The van der Waals surface area contributed by atoms with E-state index in [-0.39, 0.29) is 12.5 Å². The third kappa shape index (κ3) is 5.82. The molecule has 0 aromatic heterocycles. The molecule has 2 aromatic carbocycles. The second-order valence-corrected chi connectivity index (χ2v) is 6.52. The average Bonchev–Trinajstić information content (AvgIpc) is 2.73. The lowest BCUT2D eigenvalue weighted by molar-refractivity contribution is -0.133. The summed E-state index contributed by atoms with van der Waals surface area (Å²) in [4.78, 5) is 27.0. The first-order valence-electron chi connectivity index (χ1n) is 9.23. The Kier molecular flexibility index (Phi) is 6.82. The molecule has 0 radical (unpaired) electrons. The van der Waals surface area contributed by atoms with Crippen molar-refractivity contribution in [2.75, 3.05) is 26.2 Å². The van der Waals surface area contributed by atoms with Gasteiger partial charge in [-0.15, -0.1) is 0 Å². The lowest BCUT2D eigenvalue weighted by Gasteiger charge is -2.31. The Morgan fingerprint density at radius 1 is 0.963 bits per heavy atom. The van der Waals surface area contributed by atoms with Crippen LogP contribution in [0.1, 0.15) is 11.1 Å². The first-order chi connectivity index (χ1) is 13.2. The molecule has 0 bridgehead atoms. The maximum Gasteiger partial charge on any atom is 0.408 e. The summed E-state index contributed by atoms with van der Waals surface area (Å²) in [6.07, 6.45) is -0.146. The molecule has 1 atom stereocenters. The van der Waals surface area contributed by atoms with E-state index in [1.165, 1.54) is 0 Å². The molecule has 0 saturated carbocycles. The molecule has 1 aliphatic rings. The van der Waals surface area contributed by atoms with Crippen LogP contribution < -0.4 is 10.6 Å². The quantitative estimate of drug-likeness (QED) is 0.819. The fraction of sp³-hybridized carbons (Fsp3) is 0.333. The molecule has 2 aromatic rings. The van der Waals surface area contributed by atoms with Crippen molar-refractivity contribution in [1.82, 2.24) is 15.5 Å². The molecule has 0 aliphatic carbocycles. The van der Waals surface area contributed by atoms with Gasteiger partial charge in [-0.2, -0.15) is 0 Å². The number of carbonyl (C=O) groups excluding carboxylic acids is 2. The van der Waals surface area contributed by atoms with E-state index in [9.17, 15) is 9.59 Å². The van der Waals surface area contributed by atoms with Gasteiger partial charge in [0, 0.05) is 32.6 Å². The standard InChI is InChI=1S/C21H25N3O3/c25-20(24-13-11-22-12-14-24)19(15-17-7-3-1-4-8-17)23-21(26)27-16-18-9-5-2-6-10-18/h1-10,19,22H,11-16H2,(H,23,26). The largest absolute Gasteiger partial charge is 0.445 e. The molecule has 0 spiro atoms. The molecule has 142 valence electrons. The summed E-state index contributed by atoms with van der Waals surface area (Å²) in [6, 6.07) is 18.5. The minimum absolute atomic E-state index is 0.0722. The molecule has 1 unspecified atom stereocenters. The van der Waals surface area contributed by atoms with Crippen molar-refractivity contribution in [3.8, 4) is 0 Å². The van der Waals surface area contributed by atoms with Gasteiger partial charge in [-0.1, -0.05) is 60.7 Å². The Morgan fingerprint density at radius 3 is 2.19 bits per heavy atom. The van der Waals surface area contributed by atoms with Crippen LogP contribution in [0.25, 0.3) is 0 Å². The molecular weight excluding hydrogens is 342 g/mol. The summed E-state index contributed by atoms with van der Waals surface area (Å²) in [5.41, 5.74) is 1.90. The molecule has 27 heavy (non-hydrogen) atoms. The number of carbonyl (C=O) groups is 2. The Morgan fingerprint density at radius 2 is 1.56 bits per heavy atom. The summed E-state index contributed by atoms with van der Waals surface area (Å²) in [5.74, 6) is -0.0722. The van der Waals surface area contributed by atoms with Crippen LogP contribution in [0.5, 0.6) is 0 Å². The summed E-state index contributed by atoms with van der Waals surface area (Å²) < 4.78 is 5.30. The highest BCUT2D eigenvalue weighted by molar-refractivity contribution is 5.86. The van der Waals surface area contributed by atoms with Crippen LogP contribution in [0.15, 0.2) is 60.7 Å². The predicted octanol–water partition coefficient (Wildman–Crippen LogP) is 1.96. The van der Waals surface area contributed by atoms with Crippen molar-refractivity contribution in [3.05, 3.63) is 71.8 Å². The lowest BCUT2D eigenvalue weighted by atomic mass is 10.0. The van der Waals surface area contributed by atoms with Crippen LogP contribution in [0.2, 0.25) is 0 Å². The highest BCUT2D eigenvalue weighted by atomic mass is 16.5.